The third kappa shape index (κ3) is 3.06. The molecule has 0 aromatic heterocycles. The summed E-state index contributed by atoms with van der Waals surface area (Å²) in [6.07, 6.45) is 2.48. The smallest absolute Gasteiger partial charge is 0.0842 e. The lowest BCUT2D eigenvalue weighted by atomic mass is 9.88. The number of aliphatic hydroxyl groups is 1. The molecule has 17 heavy (non-hydrogen) atoms. The van der Waals surface area contributed by atoms with Gasteiger partial charge >= 0.3 is 0 Å². The molecule has 1 aromatic carbocycles. The summed E-state index contributed by atoms with van der Waals surface area (Å²) >= 11 is 0. The second-order valence-electron chi connectivity index (χ2n) is 4.66. The molecule has 0 aliphatic carbocycles. The van der Waals surface area contributed by atoms with Crippen LogP contribution in [0.5, 0.6) is 0 Å². The summed E-state index contributed by atoms with van der Waals surface area (Å²) in [7, 11) is 0. The first kappa shape index (κ1) is 12.6. The van der Waals surface area contributed by atoms with Gasteiger partial charge in [-0.1, -0.05) is 24.3 Å². The van der Waals surface area contributed by atoms with Gasteiger partial charge in [0, 0.05) is 12.5 Å². The highest BCUT2D eigenvalue weighted by Gasteiger charge is 2.24. The van der Waals surface area contributed by atoms with Crippen LogP contribution in [0.3, 0.4) is 0 Å². The molecule has 1 aromatic rings. The van der Waals surface area contributed by atoms with Gasteiger partial charge in [0.2, 0.25) is 0 Å². The molecule has 94 valence electrons. The number of nitrogens with two attached hydrogens (primary N) is 1. The van der Waals surface area contributed by atoms with Gasteiger partial charge in [0.05, 0.1) is 12.7 Å². The van der Waals surface area contributed by atoms with Gasteiger partial charge in [0.1, 0.15) is 0 Å². The molecule has 3 N–H and O–H groups in total. The van der Waals surface area contributed by atoms with Crippen molar-refractivity contribution < 1.29 is 9.84 Å². The summed E-state index contributed by atoms with van der Waals surface area (Å²) in [6.45, 7) is 2.11. The normalized spacial score (nSPS) is 22.4. The van der Waals surface area contributed by atoms with Crippen LogP contribution in [-0.2, 0) is 11.2 Å². The second-order valence-corrected chi connectivity index (χ2v) is 4.66. The molecule has 1 fully saturated rings. The monoisotopic (exact) mass is 235 g/mol. The van der Waals surface area contributed by atoms with Gasteiger partial charge in [-0.3, -0.25) is 0 Å². The van der Waals surface area contributed by atoms with Gasteiger partial charge in [0.15, 0.2) is 0 Å². The summed E-state index contributed by atoms with van der Waals surface area (Å²) in [6, 6.07) is 8.03. The standard InChI is InChI=1S/C14H21NO2/c15-8-7-11-4-1-2-6-13(11)14(16)12-5-3-9-17-10-12/h1-2,4,6,12,14,16H,3,5,7-10,15H2. The van der Waals surface area contributed by atoms with E-state index in [4.69, 9.17) is 10.5 Å². The zero-order chi connectivity index (χ0) is 12.1. The topological polar surface area (TPSA) is 55.5 Å². The molecule has 1 aliphatic rings. The van der Waals surface area contributed by atoms with Gasteiger partial charge in [-0.25, -0.2) is 0 Å². The lowest BCUT2D eigenvalue weighted by Gasteiger charge is -2.28. The van der Waals surface area contributed by atoms with Crippen LogP contribution in [0.25, 0.3) is 0 Å². The maximum absolute atomic E-state index is 10.4. The lowest BCUT2D eigenvalue weighted by molar-refractivity contribution is -0.0103. The average Bonchev–Trinajstić information content (AvgIpc) is 2.40. The summed E-state index contributed by atoms with van der Waals surface area (Å²) in [5.41, 5.74) is 7.78. The van der Waals surface area contributed by atoms with Crippen molar-refractivity contribution in [2.75, 3.05) is 19.8 Å². The lowest BCUT2D eigenvalue weighted by Crippen LogP contribution is -2.24. The van der Waals surface area contributed by atoms with Crippen LogP contribution in [0.1, 0.15) is 30.1 Å². The van der Waals surface area contributed by atoms with Gasteiger partial charge in [-0.15, -0.1) is 0 Å². The van der Waals surface area contributed by atoms with Crippen molar-refractivity contribution in [1.82, 2.24) is 0 Å². The maximum atomic E-state index is 10.4. The fraction of sp³-hybridized carbons (Fsp3) is 0.571. The van der Waals surface area contributed by atoms with Crippen molar-refractivity contribution in [1.29, 1.82) is 0 Å². The Morgan fingerprint density at radius 1 is 1.41 bits per heavy atom. The van der Waals surface area contributed by atoms with Crippen molar-refractivity contribution in [2.45, 2.75) is 25.4 Å². The Kier molecular flexibility index (Phi) is 4.54. The van der Waals surface area contributed by atoms with Gasteiger partial charge < -0.3 is 15.6 Å². The number of rotatable bonds is 4. The Labute approximate surface area is 103 Å². The molecule has 0 amide bonds. The number of benzene rings is 1. The quantitative estimate of drug-likeness (QED) is 0.834. The summed E-state index contributed by atoms with van der Waals surface area (Å²) in [4.78, 5) is 0. The molecular weight excluding hydrogens is 214 g/mol. The van der Waals surface area contributed by atoms with Crippen molar-refractivity contribution >= 4 is 0 Å². The zero-order valence-electron chi connectivity index (χ0n) is 10.1. The van der Waals surface area contributed by atoms with Crippen molar-refractivity contribution in [3.05, 3.63) is 35.4 Å². The van der Waals surface area contributed by atoms with Gasteiger partial charge in [0.25, 0.3) is 0 Å². The van der Waals surface area contributed by atoms with Crippen LogP contribution < -0.4 is 5.73 Å². The molecule has 3 heteroatoms. The van der Waals surface area contributed by atoms with E-state index in [1.54, 1.807) is 0 Å². The van der Waals surface area contributed by atoms with E-state index in [1.807, 2.05) is 18.2 Å². The SMILES string of the molecule is NCCc1ccccc1C(O)C1CCCOC1. The predicted octanol–water partition coefficient (Wildman–Crippen LogP) is 1.65. The van der Waals surface area contributed by atoms with E-state index in [0.29, 0.717) is 13.2 Å². The minimum atomic E-state index is -0.418. The summed E-state index contributed by atoms with van der Waals surface area (Å²) in [5, 5.41) is 10.4. The van der Waals surface area contributed by atoms with Crippen LogP contribution in [0.2, 0.25) is 0 Å². The molecule has 2 atom stereocenters. The van der Waals surface area contributed by atoms with Crippen LogP contribution >= 0.6 is 0 Å². The second kappa shape index (κ2) is 6.15. The first-order valence-corrected chi connectivity index (χ1v) is 6.36. The fourth-order valence-corrected chi connectivity index (χ4v) is 2.47. The maximum Gasteiger partial charge on any atom is 0.0842 e. The largest absolute Gasteiger partial charge is 0.388 e. The predicted molar refractivity (Wildman–Crippen MR) is 67.7 cm³/mol. The van der Waals surface area contributed by atoms with Gasteiger partial charge in [-0.2, -0.15) is 0 Å². The highest BCUT2D eigenvalue weighted by Crippen LogP contribution is 2.30. The van der Waals surface area contributed by atoms with Crippen LogP contribution in [0, 0.1) is 5.92 Å². The van der Waals surface area contributed by atoms with Crippen LogP contribution in [-0.4, -0.2) is 24.9 Å². The molecule has 0 spiro atoms. The minimum absolute atomic E-state index is 0.225. The number of aliphatic hydroxyl groups excluding tert-OH is 1. The highest BCUT2D eigenvalue weighted by molar-refractivity contribution is 5.29. The third-order valence-electron chi connectivity index (χ3n) is 3.43. The molecule has 2 unspecified atom stereocenters. The van der Waals surface area contributed by atoms with Gasteiger partial charge in [-0.05, 0) is 36.9 Å². The Balaban J connectivity index is 2.14. The molecule has 1 heterocycles. The molecule has 2 rings (SSSR count). The van der Waals surface area contributed by atoms with E-state index in [2.05, 4.69) is 6.07 Å². The molecule has 1 aliphatic heterocycles. The Bertz CT molecular complexity index is 348. The Hall–Kier alpha value is -0.900. The minimum Gasteiger partial charge on any atom is -0.388 e. The van der Waals surface area contributed by atoms with Crippen LogP contribution in [0.4, 0.5) is 0 Å². The molecule has 0 radical (unpaired) electrons. The van der Waals surface area contributed by atoms with Crippen molar-refractivity contribution in [3.63, 3.8) is 0 Å². The van der Waals surface area contributed by atoms with Crippen LogP contribution in [0.15, 0.2) is 24.3 Å². The summed E-state index contributed by atoms with van der Waals surface area (Å²) in [5.74, 6) is 0.225. The van der Waals surface area contributed by atoms with E-state index < -0.39 is 6.10 Å². The molecule has 0 saturated carbocycles. The molecule has 0 bridgehead atoms. The molecule has 1 saturated heterocycles. The number of ether oxygens (including phenoxy) is 1. The molecule has 3 nitrogen and oxygen atoms in total. The average molecular weight is 235 g/mol. The van der Waals surface area contributed by atoms with Crippen molar-refractivity contribution in [3.8, 4) is 0 Å². The first-order chi connectivity index (χ1) is 8.33. The van der Waals surface area contributed by atoms with E-state index >= 15 is 0 Å². The van der Waals surface area contributed by atoms with E-state index in [-0.39, 0.29) is 5.92 Å². The highest BCUT2D eigenvalue weighted by atomic mass is 16.5. The Morgan fingerprint density at radius 3 is 2.94 bits per heavy atom. The fourth-order valence-electron chi connectivity index (χ4n) is 2.47. The van der Waals surface area contributed by atoms with E-state index in [0.717, 1.165) is 37.0 Å². The first-order valence-electron chi connectivity index (χ1n) is 6.36. The van der Waals surface area contributed by atoms with E-state index in [1.165, 1.54) is 0 Å². The third-order valence-corrected chi connectivity index (χ3v) is 3.43. The van der Waals surface area contributed by atoms with E-state index in [9.17, 15) is 5.11 Å². The number of hydrogen-bond donors (Lipinski definition) is 2. The molecular formula is C14H21NO2. The van der Waals surface area contributed by atoms with Crippen molar-refractivity contribution in [2.24, 2.45) is 11.7 Å². The summed E-state index contributed by atoms with van der Waals surface area (Å²) < 4.78 is 5.44. The number of hydrogen-bond acceptors (Lipinski definition) is 3. The zero-order valence-corrected chi connectivity index (χ0v) is 10.1. The Morgan fingerprint density at radius 2 is 2.24 bits per heavy atom.